The predicted molar refractivity (Wildman–Crippen MR) is 117 cm³/mol. The van der Waals surface area contributed by atoms with Gasteiger partial charge < -0.3 is 9.13 Å². The van der Waals surface area contributed by atoms with Crippen LogP contribution in [0, 0.1) is 13.8 Å². The number of nitrogens with zero attached hydrogens (tertiary/aromatic N) is 3. The zero-order valence-corrected chi connectivity index (χ0v) is 18.5. The van der Waals surface area contributed by atoms with E-state index in [1.165, 1.54) is 11.8 Å². The van der Waals surface area contributed by atoms with Gasteiger partial charge in [-0.25, -0.2) is 13.4 Å². The number of Topliss-reactive ketones (excluding diaryl/α,β-unsaturated/α-hetero) is 1. The Kier molecular flexibility index (Phi) is 5.33. The lowest BCUT2D eigenvalue weighted by Crippen LogP contribution is -2.14. The highest BCUT2D eigenvalue weighted by Gasteiger charge is 2.31. The van der Waals surface area contributed by atoms with E-state index in [1.54, 1.807) is 0 Å². The van der Waals surface area contributed by atoms with Crippen molar-refractivity contribution in [1.29, 1.82) is 0 Å². The van der Waals surface area contributed by atoms with Crippen LogP contribution in [0.2, 0.25) is 0 Å². The summed E-state index contributed by atoms with van der Waals surface area (Å²) in [7, 11) is -2.98. The normalized spacial score (nSPS) is 18.5. The molecule has 1 saturated heterocycles. The third kappa shape index (κ3) is 3.75. The Bertz CT molecular complexity index is 1190. The molecule has 2 aromatic heterocycles. The van der Waals surface area contributed by atoms with Crippen LogP contribution < -0.4 is 0 Å². The molecule has 1 fully saturated rings. The second-order valence-electron chi connectivity index (χ2n) is 7.55. The standard InChI is InChI=1S/C21H25N3O3S2/c1-4-23-19-8-6-5-7-18(19)22-21(23)28-12-20(25)17-11-14(2)24(15(17)3)16-9-10-29(26,27)13-16/h5-8,11,16H,4,9-10,12-13H2,1-3H3/t16-/m1/s1. The molecule has 0 unspecified atom stereocenters. The summed E-state index contributed by atoms with van der Waals surface area (Å²) < 4.78 is 27.9. The van der Waals surface area contributed by atoms with Gasteiger partial charge in [0.05, 0.1) is 28.3 Å². The maximum absolute atomic E-state index is 13.0. The molecule has 0 aliphatic carbocycles. The average Bonchev–Trinajstić information content (AvgIpc) is 3.31. The van der Waals surface area contributed by atoms with Gasteiger partial charge in [-0.3, -0.25) is 4.79 Å². The second-order valence-corrected chi connectivity index (χ2v) is 10.7. The molecule has 0 bridgehead atoms. The Labute approximate surface area is 175 Å². The first-order valence-electron chi connectivity index (χ1n) is 9.81. The van der Waals surface area contributed by atoms with Crippen LogP contribution in [0.25, 0.3) is 11.0 Å². The molecule has 8 heteroatoms. The van der Waals surface area contributed by atoms with E-state index < -0.39 is 9.84 Å². The number of hydrogen-bond acceptors (Lipinski definition) is 5. The average molecular weight is 432 g/mol. The van der Waals surface area contributed by atoms with Crippen LogP contribution in [0.4, 0.5) is 0 Å². The minimum absolute atomic E-state index is 0.0462. The van der Waals surface area contributed by atoms with E-state index in [2.05, 4.69) is 16.5 Å². The minimum atomic E-state index is -2.98. The third-order valence-corrected chi connectivity index (χ3v) is 8.35. The first-order chi connectivity index (χ1) is 13.8. The summed E-state index contributed by atoms with van der Waals surface area (Å²) in [6, 6.07) is 9.81. The van der Waals surface area contributed by atoms with Crippen LogP contribution in [0.5, 0.6) is 0 Å². The lowest BCUT2D eigenvalue weighted by molar-refractivity contribution is 0.102. The molecule has 1 aromatic carbocycles. The van der Waals surface area contributed by atoms with Gasteiger partial charge in [-0.2, -0.15) is 0 Å². The molecule has 154 valence electrons. The molecule has 0 spiro atoms. The summed E-state index contributed by atoms with van der Waals surface area (Å²) in [4.78, 5) is 17.6. The van der Waals surface area contributed by atoms with Gasteiger partial charge in [-0.1, -0.05) is 23.9 Å². The molecule has 0 N–H and O–H groups in total. The zero-order valence-electron chi connectivity index (χ0n) is 16.9. The summed E-state index contributed by atoms with van der Waals surface area (Å²) >= 11 is 1.45. The third-order valence-electron chi connectivity index (χ3n) is 5.63. The zero-order chi connectivity index (χ0) is 20.8. The Balaban J connectivity index is 1.55. The number of carbonyl (C=O) groups is 1. The number of aryl methyl sites for hydroxylation is 2. The Morgan fingerprint density at radius 1 is 1.28 bits per heavy atom. The van der Waals surface area contributed by atoms with Crippen molar-refractivity contribution >= 4 is 38.4 Å². The van der Waals surface area contributed by atoms with Crippen molar-refractivity contribution in [3.05, 3.63) is 47.3 Å². The molecular weight excluding hydrogens is 406 g/mol. The van der Waals surface area contributed by atoms with Crippen molar-refractivity contribution in [1.82, 2.24) is 14.1 Å². The molecule has 29 heavy (non-hydrogen) atoms. The molecule has 1 atom stereocenters. The maximum atomic E-state index is 13.0. The van der Waals surface area contributed by atoms with Gasteiger partial charge in [0.25, 0.3) is 0 Å². The van der Waals surface area contributed by atoms with Gasteiger partial charge in [0.1, 0.15) is 0 Å². The van der Waals surface area contributed by atoms with E-state index in [-0.39, 0.29) is 23.3 Å². The first kappa shape index (κ1) is 20.2. The predicted octanol–water partition coefficient (Wildman–Crippen LogP) is 3.81. The van der Waals surface area contributed by atoms with Crippen LogP contribution in [0.1, 0.15) is 41.1 Å². The van der Waals surface area contributed by atoms with E-state index >= 15 is 0 Å². The molecule has 0 amide bonds. The SMILES string of the molecule is CCn1c(SCC(=O)c2cc(C)n([C@@H]3CCS(=O)(=O)C3)c2C)nc2ccccc21. The van der Waals surface area contributed by atoms with Gasteiger partial charge in [0.15, 0.2) is 20.8 Å². The monoisotopic (exact) mass is 431 g/mol. The van der Waals surface area contributed by atoms with Crippen LogP contribution in [0.3, 0.4) is 0 Å². The maximum Gasteiger partial charge on any atom is 0.175 e. The topological polar surface area (TPSA) is 74.0 Å². The number of hydrogen-bond donors (Lipinski definition) is 0. The van der Waals surface area contributed by atoms with Crippen molar-refractivity contribution in [3.8, 4) is 0 Å². The van der Waals surface area contributed by atoms with Crippen molar-refractivity contribution in [2.45, 2.75) is 44.9 Å². The summed E-state index contributed by atoms with van der Waals surface area (Å²) in [5.74, 6) is 0.731. The summed E-state index contributed by atoms with van der Waals surface area (Å²) in [6.07, 6.45) is 0.613. The summed E-state index contributed by atoms with van der Waals surface area (Å²) in [5, 5.41) is 0.845. The van der Waals surface area contributed by atoms with Gasteiger partial charge >= 0.3 is 0 Å². The number of imidazole rings is 1. The highest BCUT2D eigenvalue weighted by molar-refractivity contribution is 7.99. The smallest absolute Gasteiger partial charge is 0.175 e. The molecule has 4 rings (SSSR count). The van der Waals surface area contributed by atoms with Crippen molar-refractivity contribution < 1.29 is 13.2 Å². The number of para-hydroxylation sites is 2. The van der Waals surface area contributed by atoms with E-state index in [0.29, 0.717) is 17.7 Å². The van der Waals surface area contributed by atoms with Gasteiger partial charge in [0, 0.05) is 29.5 Å². The number of thioether (sulfide) groups is 1. The fraction of sp³-hybridized carbons (Fsp3) is 0.429. The molecule has 1 aliphatic rings. The molecule has 3 heterocycles. The molecule has 0 saturated carbocycles. The van der Waals surface area contributed by atoms with Crippen LogP contribution in [0.15, 0.2) is 35.5 Å². The van der Waals surface area contributed by atoms with E-state index in [4.69, 9.17) is 0 Å². The largest absolute Gasteiger partial charge is 0.344 e. The second kappa shape index (κ2) is 7.65. The fourth-order valence-corrected chi connectivity index (χ4v) is 6.94. The van der Waals surface area contributed by atoms with Crippen LogP contribution >= 0.6 is 11.8 Å². The lowest BCUT2D eigenvalue weighted by atomic mass is 10.2. The van der Waals surface area contributed by atoms with Gasteiger partial charge in [0.2, 0.25) is 0 Å². The molecular formula is C21H25N3O3S2. The Morgan fingerprint density at radius 2 is 2.03 bits per heavy atom. The van der Waals surface area contributed by atoms with Crippen LogP contribution in [-0.4, -0.2) is 45.6 Å². The van der Waals surface area contributed by atoms with E-state index in [1.807, 2.05) is 48.7 Å². The fourth-order valence-electron chi connectivity index (χ4n) is 4.28. The number of sulfone groups is 1. The Hall–Kier alpha value is -2.06. The number of fused-ring (bicyclic) bond motifs is 1. The van der Waals surface area contributed by atoms with Crippen molar-refractivity contribution in [2.75, 3.05) is 17.3 Å². The quantitative estimate of drug-likeness (QED) is 0.438. The minimum Gasteiger partial charge on any atom is -0.344 e. The van der Waals surface area contributed by atoms with Crippen molar-refractivity contribution in [2.24, 2.45) is 0 Å². The molecule has 0 radical (unpaired) electrons. The number of ketones is 1. The first-order valence-corrected chi connectivity index (χ1v) is 12.6. The number of benzene rings is 1. The Morgan fingerprint density at radius 3 is 2.72 bits per heavy atom. The summed E-state index contributed by atoms with van der Waals surface area (Å²) in [5.41, 5.74) is 4.49. The highest BCUT2D eigenvalue weighted by atomic mass is 32.2. The lowest BCUT2D eigenvalue weighted by Gasteiger charge is -2.16. The number of carbonyl (C=O) groups excluding carboxylic acids is 1. The van der Waals surface area contributed by atoms with Crippen LogP contribution in [-0.2, 0) is 16.4 Å². The van der Waals surface area contributed by atoms with E-state index in [0.717, 1.165) is 34.1 Å². The molecule has 1 aliphatic heterocycles. The van der Waals surface area contributed by atoms with E-state index in [9.17, 15) is 13.2 Å². The molecule has 3 aromatic rings. The highest BCUT2D eigenvalue weighted by Crippen LogP contribution is 2.30. The number of rotatable bonds is 6. The summed E-state index contributed by atoms with van der Waals surface area (Å²) in [6.45, 7) is 6.72. The van der Waals surface area contributed by atoms with Crippen molar-refractivity contribution in [3.63, 3.8) is 0 Å². The number of aromatic nitrogens is 3. The van der Waals surface area contributed by atoms with Gasteiger partial charge in [-0.15, -0.1) is 0 Å². The molecule has 6 nitrogen and oxygen atoms in total. The van der Waals surface area contributed by atoms with Gasteiger partial charge in [-0.05, 0) is 45.4 Å².